The zero-order valence-electron chi connectivity index (χ0n) is 11.5. The van der Waals surface area contributed by atoms with Crippen molar-refractivity contribution in [3.63, 3.8) is 0 Å². The quantitative estimate of drug-likeness (QED) is 0.794. The van der Waals surface area contributed by atoms with Gasteiger partial charge in [0.05, 0.1) is 5.92 Å². The van der Waals surface area contributed by atoms with Crippen molar-refractivity contribution in [1.82, 2.24) is 14.7 Å². The van der Waals surface area contributed by atoms with Crippen molar-refractivity contribution < 1.29 is 14.7 Å². The first kappa shape index (κ1) is 14.1. The van der Waals surface area contributed by atoms with Crippen molar-refractivity contribution in [2.75, 3.05) is 45.8 Å². The molecule has 2 aliphatic rings. The van der Waals surface area contributed by atoms with Gasteiger partial charge in [0.2, 0.25) is 0 Å². The average Bonchev–Trinajstić information content (AvgIpc) is 2.46. The van der Waals surface area contributed by atoms with E-state index in [4.69, 9.17) is 5.11 Å². The number of likely N-dealkylation sites (tertiary alicyclic amines) is 1. The van der Waals surface area contributed by atoms with Crippen LogP contribution in [0.4, 0.5) is 4.79 Å². The van der Waals surface area contributed by atoms with Crippen molar-refractivity contribution in [3.8, 4) is 0 Å². The van der Waals surface area contributed by atoms with Crippen molar-refractivity contribution in [2.24, 2.45) is 5.92 Å². The number of hydrogen-bond donors (Lipinski definition) is 1. The number of carbonyl (C=O) groups is 2. The minimum absolute atomic E-state index is 0.0155. The highest BCUT2D eigenvalue weighted by Crippen LogP contribution is 2.18. The van der Waals surface area contributed by atoms with E-state index in [1.54, 1.807) is 4.90 Å². The lowest BCUT2D eigenvalue weighted by molar-refractivity contribution is -0.143. The molecule has 0 saturated carbocycles. The molecule has 0 radical (unpaired) electrons. The van der Waals surface area contributed by atoms with Crippen LogP contribution >= 0.6 is 0 Å². The number of likely N-dealkylation sites (N-methyl/N-ethyl adjacent to an activating group) is 1. The van der Waals surface area contributed by atoms with E-state index >= 15 is 0 Å². The molecule has 2 aliphatic heterocycles. The van der Waals surface area contributed by atoms with Crippen LogP contribution in [0.15, 0.2) is 0 Å². The van der Waals surface area contributed by atoms with Gasteiger partial charge in [-0.3, -0.25) is 4.79 Å². The van der Waals surface area contributed by atoms with Gasteiger partial charge in [0.15, 0.2) is 0 Å². The number of piperazine rings is 1. The molecule has 1 atom stereocenters. The smallest absolute Gasteiger partial charge is 0.320 e. The van der Waals surface area contributed by atoms with Crippen molar-refractivity contribution in [3.05, 3.63) is 0 Å². The molecule has 1 N–H and O–H groups in total. The Balaban J connectivity index is 1.87. The molecule has 0 spiro atoms. The summed E-state index contributed by atoms with van der Waals surface area (Å²) in [5.41, 5.74) is 0. The molecular formula is C13H23N3O3. The van der Waals surface area contributed by atoms with Crippen LogP contribution in [0, 0.1) is 5.92 Å². The Morgan fingerprint density at radius 1 is 1.11 bits per heavy atom. The van der Waals surface area contributed by atoms with Crippen molar-refractivity contribution in [1.29, 1.82) is 0 Å². The van der Waals surface area contributed by atoms with Gasteiger partial charge in [-0.05, 0) is 19.4 Å². The summed E-state index contributed by atoms with van der Waals surface area (Å²) >= 11 is 0. The maximum atomic E-state index is 12.4. The summed E-state index contributed by atoms with van der Waals surface area (Å²) in [7, 11) is 0. The first-order chi connectivity index (χ1) is 9.11. The second-order valence-electron chi connectivity index (χ2n) is 5.33. The monoisotopic (exact) mass is 269 g/mol. The predicted molar refractivity (Wildman–Crippen MR) is 71.0 cm³/mol. The topological polar surface area (TPSA) is 64.1 Å². The second-order valence-corrected chi connectivity index (χ2v) is 5.33. The molecule has 2 heterocycles. The van der Waals surface area contributed by atoms with Gasteiger partial charge in [-0.2, -0.15) is 0 Å². The number of aliphatic carboxylic acids is 1. The number of rotatable bonds is 2. The molecule has 2 rings (SSSR count). The maximum Gasteiger partial charge on any atom is 0.320 e. The fourth-order valence-electron chi connectivity index (χ4n) is 2.81. The number of amides is 2. The van der Waals surface area contributed by atoms with Gasteiger partial charge in [0.1, 0.15) is 0 Å². The Kier molecular flexibility index (Phi) is 4.63. The summed E-state index contributed by atoms with van der Waals surface area (Å²) in [5, 5.41) is 9.06. The third kappa shape index (κ3) is 3.37. The molecule has 2 amide bonds. The number of hydrogen-bond acceptors (Lipinski definition) is 3. The Hall–Kier alpha value is -1.30. The number of carbonyl (C=O) groups excluding carboxylic acids is 1. The zero-order valence-corrected chi connectivity index (χ0v) is 11.5. The van der Waals surface area contributed by atoms with E-state index in [-0.39, 0.29) is 6.03 Å². The summed E-state index contributed by atoms with van der Waals surface area (Å²) in [5.74, 6) is -1.18. The molecule has 2 fully saturated rings. The summed E-state index contributed by atoms with van der Waals surface area (Å²) < 4.78 is 0. The predicted octanol–water partition coefficient (Wildman–Crippen LogP) is 0.540. The standard InChI is InChI=1S/C13H23N3O3/c1-2-14-6-8-15(9-7-14)13(19)16-5-3-4-11(10-16)12(17)18/h11H,2-10H2,1H3,(H,17,18). The van der Waals surface area contributed by atoms with Crippen LogP contribution in [0.2, 0.25) is 0 Å². The van der Waals surface area contributed by atoms with Crippen LogP contribution in [0.3, 0.4) is 0 Å². The summed E-state index contributed by atoms with van der Waals surface area (Å²) in [6, 6.07) is 0.0155. The largest absolute Gasteiger partial charge is 0.481 e. The highest BCUT2D eigenvalue weighted by atomic mass is 16.4. The molecule has 108 valence electrons. The highest BCUT2D eigenvalue weighted by Gasteiger charge is 2.31. The first-order valence-electron chi connectivity index (χ1n) is 7.10. The maximum absolute atomic E-state index is 12.4. The van der Waals surface area contributed by atoms with Crippen LogP contribution in [-0.2, 0) is 4.79 Å². The van der Waals surface area contributed by atoms with E-state index in [1.807, 2.05) is 4.90 Å². The third-order valence-corrected chi connectivity index (χ3v) is 4.13. The van der Waals surface area contributed by atoms with Gasteiger partial charge in [-0.1, -0.05) is 6.92 Å². The van der Waals surface area contributed by atoms with Crippen molar-refractivity contribution >= 4 is 12.0 Å². The fourth-order valence-corrected chi connectivity index (χ4v) is 2.81. The van der Waals surface area contributed by atoms with E-state index in [1.165, 1.54) is 0 Å². The Morgan fingerprint density at radius 3 is 2.37 bits per heavy atom. The third-order valence-electron chi connectivity index (χ3n) is 4.13. The van der Waals surface area contributed by atoms with Gasteiger partial charge < -0.3 is 19.8 Å². The minimum Gasteiger partial charge on any atom is -0.481 e. The van der Waals surface area contributed by atoms with Crippen LogP contribution in [0.25, 0.3) is 0 Å². The van der Waals surface area contributed by atoms with E-state index in [2.05, 4.69) is 11.8 Å². The van der Waals surface area contributed by atoms with Crippen LogP contribution in [0.5, 0.6) is 0 Å². The number of carboxylic acid groups (broad SMARTS) is 1. The van der Waals surface area contributed by atoms with Gasteiger partial charge in [-0.15, -0.1) is 0 Å². The molecular weight excluding hydrogens is 246 g/mol. The molecule has 0 aliphatic carbocycles. The lowest BCUT2D eigenvalue weighted by atomic mass is 9.98. The molecule has 0 bridgehead atoms. The van der Waals surface area contributed by atoms with E-state index in [0.717, 1.165) is 39.1 Å². The molecule has 0 aromatic heterocycles. The molecule has 6 heteroatoms. The highest BCUT2D eigenvalue weighted by molar-refractivity contribution is 5.76. The molecule has 1 unspecified atom stereocenters. The fraction of sp³-hybridized carbons (Fsp3) is 0.846. The van der Waals surface area contributed by atoms with E-state index < -0.39 is 11.9 Å². The van der Waals surface area contributed by atoms with Gasteiger partial charge in [0.25, 0.3) is 0 Å². The van der Waals surface area contributed by atoms with Gasteiger partial charge in [0, 0.05) is 39.3 Å². The van der Waals surface area contributed by atoms with Crippen LogP contribution < -0.4 is 0 Å². The van der Waals surface area contributed by atoms with Gasteiger partial charge >= 0.3 is 12.0 Å². The zero-order chi connectivity index (χ0) is 13.8. The average molecular weight is 269 g/mol. The minimum atomic E-state index is -0.784. The van der Waals surface area contributed by atoms with Crippen LogP contribution in [0.1, 0.15) is 19.8 Å². The number of piperidine rings is 1. The molecule has 0 aromatic rings. The normalized spacial score (nSPS) is 25.4. The lowest BCUT2D eigenvalue weighted by Crippen LogP contribution is -2.54. The molecule has 6 nitrogen and oxygen atoms in total. The molecule has 2 saturated heterocycles. The Labute approximate surface area is 114 Å². The van der Waals surface area contributed by atoms with Gasteiger partial charge in [-0.25, -0.2) is 4.79 Å². The SMILES string of the molecule is CCN1CCN(C(=O)N2CCCC(C(=O)O)C2)CC1. The molecule has 19 heavy (non-hydrogen) atoms. The summed E-state index contributed by atoms with van der Waals surface area (Å²) in [6.07, 6.45) is 1.47. The van der Waals surface area contributed by atoms with E-state index in [0.29, 0.717) is 19.5 Å². The Morgan fingerprint density at radius 2 is 1.79 bits per heavy atom. The molecule has 0 aromatic carbocycles. The second kappa shape index (κ2) is 6.23. The number of urea groups is 1. The number of nitrogens with zero attached hydrogens (tertiary/aromatic N) is 3. The van der Waals surface area contributed by atoms with E-state index in [9.17, 15) is 9.59 Å². The summed E-state index contributed by atoms with van der Waals surface area (Å²) in [6.45, 7) is 7.53. The summed E-state index contributed by atoms with van der Waals surface area (Å²) in [4.78, 5) is 29.3. The Bertz CT molecular complexity index is 340. The van der Waals surface area contributed by atoms with Crippen LogP contribution in [-0.4, -0.2) is 77.6 Å². The first-order valence-corrected chi connectivity index (χ1v) is 7.10. The van der Waals surface area contributed by atoms with Crippen molar-refractivity contribution in [2.45, 2.75) is 19.8 Å². The number of carboxylic acids is 1. The lowest BCUT2D eigenvalue weighted by Gasteiger charge is -2.39.